The number of carbonyl (C=O) groups is 1. The van der Waals surface area contributed by atoms with E-state index in [-0.39, 0.29) is 29.1 Å². The second-order valence-corrected chi connectivity index (χ2v) is 10.6. The fraction of sp³-hybridized carbons (Fsp3) is 0.222. The first-order valence-corrected chi connectivity index (χ1v) is 11.6. The lowest BCUT2D eigenvalue weighted by atomic mass is 10.1. The molecular weight excluding hydrogens is 436 g/mol. The normalized spacial score (nSPS) is 28.1. The van der Waals surface area contributed by atoms with E-state index in [1.807, 2.05) is 0 Å². The van der Waals surface area contributed by atoms with Crippen LogP contribution >= 0.6 is 34.6 Å². The number of rotatable bonds is 4. The second-order valence-electron chi connectivity index (χ2n) is 6.65. The molecule has 11 heteroatoms. The fourth-order valence-electron chi connectivity index (χ4n) is 3.27. The van der Waals surface area contributed by atoms with Crippen molar-refractivity contribution in [3.63, 3.8) is 0 Å². The summed E-state index contributed by atoms with van der Waals surface area (Å²) < 4.78 is 27.7. The van der Waals surface area contributed by atoms with E-state index in [2.05, 4.69) is 0 Å². The first-order chi connectivity index (χ1) is 13.7. The van der Waals surface area contributed by atoms with Crippen LogP contribution in [0.4, 0.5) is 5.69 Å². The van der Waals surface area contributed by atoms with Gasteiger partial charge in [0, 0.05) is 35.3 Å². The van der Waals surface area contributed by atoms with Gasteiger partial charge >= 0.3 is 0 Å². The Balaban J connectivity index is 1.55. The van der Waals surface area contributed by atoms with Gasteiger partial charge in [0.1, 0.15) is 15.8 Å². The van der Waals surface area contributed by atoms with E-state index >= 15 is 0 Å². The zero-order chi connectivity index (χ0) is 20.8. The number of furan rings is 1. The van der Waals surface area contributed by atoms with Crippen molar-refractivity contribution in [2.75, 3.05) is 11.5 Å². The number of hydrogen-bond acceptors (Lipinski definition) is 8. The Morgan fingerprint density at radius 1 is 1.38 bits per heavy atom. The predicted molar refractivity (Wildman–Crippen MR) is 115 cm³/mol. The van der Waals surface area contributed by atoms with Crippen LogP contribution in [0.3, 0.4) is 0 Å². The Bertz CT molecular complexity index is 1050. The molecule has 29 heavy (non-hydrogen) atoms. The lowest BCUT2D eigenvalue weighted by Gasteiger charge is -2.41. The lowest BCUT2D eigenvalue weighted by Crippen LogP contribution is -2.39. The average molecular weight is 452 g/mol. The summed E-state index contributed by atoms with van der Waals surface area (Å²) >= 11 is 6.42. The summed E-state index contributed by atoms with van der Waals surface area (Å²) in [6.45, 7) is 0. The minimum Gasteiger partial charge on any atom is -0.768 e. The van der Waals surface area contributed by atoms with E-state index in [1.54, 1.807) is 30.3 Å². The van der Waals surface area contributed by atoms with Gasteiger partial charge in [0.05, 0.1) is 15.9 Å². The number of non-ortho nitro benzene ring substituents is 1. The SMILES string of the molecule is O=C1C(=Cc2ccc(-c3cccc([N+](=O)[O-])c3)o2)SC(=S)N1C1CCS([O-])(O)C1. The van der Waals surface area contributed by atoms with E-state index < -0.39 is 15.5 Å². The highest BCUT2D eigenvalue weighted by Crippen LogP contribution is 2.49. The van der Waals surface area contributed by atoms with Gasteiger partial charge < -0.3 is 24.1 Å². The summed E-state index contributed by atoms with van der Waals surface area (Å²) in [6, 6.07) is 9.03. The van der Waals surface area contributed by atoms with Gasteiger partial charge in [-0.25, -0.2) is 0 Å². The number of benzene rings is 1. The summed E-state index contributed by atoms with van der Waals surface area (Å²) in [4.78, 5) is 25.0. The van der Waals surface area contributed by atoms with Crippen molar-refractivity contribution in [3.05, 3.63) is 57.2 Å². The van der Waals surface area contributed by atoms with Crippen LogP contribution in [0.2, 0.25) is 0 Å². The number of amides is 1. The van der Waals surface area contributed by atoms with Crippen molar-refractivity contribution in [2.45, 2.75) is 12.5 Å². The number of carbonyl (C=O) groups excluding carboxylic acids is 1. The van der Waals surface area contributed by atoms with Gasteiger partial charge in [0.2, 0.25) is 0 Å². The van der Waals surface area contributed by atoms with Gasteiger partial charge in [-0.15, -0.1) is 0 Å². The minimum absolute atomic E-state index is 0.0321. The van der Waals surface area contributed by atoms with Crippen LogP contribution < -0.4 is 0 Å². The summed E-state index contributed by atoms with van der Waals surface area (Å²) in [6.07, 6.45) is 2.00. The maximum atomic E-state index is 12.8. The van der Waals surface area contributed by atoms with E-state index in [0.29, 0.717) is 32.7 Å². The summed E-state index contributed by atoms with van der Waals surface area (Å²) in [7, 11) is -2.89. The summed E-state index contributed by atoms with van der Waals surface area (Å²) in [5, 5.41) is 10.9. The van der Waals surface area contributed by atoms with Crippen molar-refractivity contribution >= 4 is 56.6 Å². The third-order valence-electron chi connectivity index (χ3n) is 4.65. The smallest absolute Gasteiger partial charge is 0.270 e. The molecule has 152 valence electrons. The molecule has 0 spiro atoms. The molecular formula is C18H15N2O6S3-. The lowest BCUT2D eigenvalue weighted by molar-refractivity contribution is -0.384. The van der Waals surface area contributed by atoms with Crippen molar-refractivity contribution in [2.24, 2.45) is 0 Å². The third kappa shape index (κ3) is 4.09. The van der Waals surface area contributed by atoms with Crippen LogP contribution in [0.15, 0.2) is 45.7 Å². The van der Waals surface area contributed by atoms with Gasteiger partial charge in [-0.2, -0.15) is 0 Å². The highest BCUT2D eigenvalue weighted by atomic mass is 32.3. The number of nitrogens with zero attached hydrogens (tertiary/aromatic N) is 2. The highest BCUT2D eigenvalue weighted by molar-refractivity contribution is 8.27. The quantitative estimate of drug-likeness (QED) is 0.317. The molecule has 2 aliphatic heterocycles. The van der Waals surface area contributed by atoms with E-state index in [1.165, 1.54) is 17.0 Å². The Morgan fingerprint density at radius 3 is 2.86 bits per heavy atom. The Morgan fingerprint density at radius 2 is 2.17 bits per heavy atom. The molecule has 2 aliphatic rings. The molecule has 2 unspecified atom stereocenters. The third-order valence-corrected chi connectivity index (χ3v) is 7.76. The van der Waals surface area contributed by atoms with Gasteiger partial charge in [-0.05, 0) is 18.6 Å². The molecule has 2 saturated heterocycles. The molecule has 0 radical (unpaired) electrons. The molecule has 1 aromatic heterocycles. The Labute approximate surface area is 177 Å². The van der Waals surface area contributed by atoms with Gasteiger partial charge in [-0.1, -0.05) is 36.1 Å². The molecule has 3 heterocycles. The predicted octanol–water partition coefficient (Wildman–Crippen LogP) is 4.24. The first-order valence-electron chi connectivity index (χ1n) is 8.57. The van der Waals surface area contributed by atoms with E-state index in [9.17, 15) is 24.0 Å². The number of nitro benzene ring substituents is 1. The Hall–Kier alpha value is -2.18. The summed E-state index contributed by atoms with van der Waals surface area (Å²) in [5.74, 6) is 0.731. The number of nitro groups is 1. The Kier molecular flexibility index (Phi) is 5.25. The molecule has 2 fully saturated rings. The minimum atomic E-state index is -2.89. The standard InChI is InChI=1S/C18H16N2O6S3/c21-17-16(28-18(27)19(17)13-6-7-29(24,25)10-13)9-14-4-5-15(26-14)11-2-1-3-12(8-11)20(22)23/h1-5,8-9,13,24-25H,6-7,10H2/p-1. The number of hydrogen-bond donors (Lipinski definition) is 1. The second kappa shape index (κ2) is 7.58. The zero-order valence-corrected chi connectivity index (χ0v) is 17.3. The molecule has 2 atom stereocenters. The van der Waals surface area contributed by atoms with E-state index in [4.69, 9.17) is 16.6 Å². The molecule has 0 bridgehead atoms. The van der Waals surface area contributed by atoms with Gasteiger partial charge in [0.15, 0.2) is 0 Å². The molecule has 1 N–H and O–H groups in total. The molecule has 0 aliphatic carbocycles. The monoisotopic (exact) mass is 451 g/mol. The van der Waals surface area contributed by atoms with E-state index in [0.717, 1.165) is 11.8 Å². The van der Waals surface area contributed by atoms with Crippen LogP contribution in [0, 0.1) is 10.1 Å². The van der Waals surface area contributed by atoms with Crippen molar-refractivity contribution < 1.29 is 23.2 Å². The van der Waals surface area contributed by atoms with Crippen LogP contribution in [-0.2, 0) is 4.79 Å². The highest BCUT2D eigenvalue weighted by Gasteiger charge is 2.40. The molecule has 1 aromatic carbocycles. The first kappa shape index (κ1) is 20.1. The maximum Gasteiger partial charge on any atom is 0.270 e. The molecule has 8 nitrogen and oxygen atoms in total. The topological polar surface area (TPSA) is 120 Å². The van der Waals surface area contributed by atoms with Gasteiger partial charge in [-0.3, -0.25) is 19.8 Å². The van der Waals surface area contributed by atoms with Crippen molar-refractivity contribution in [1.29, 1.82) is 0 Å². The van der Waals surface area contributed by atoms with Crippen molar-refractivity contribution in [3.8, 4) is 11.3 Å². The number of thioether (sulfide) groups is 1. The maximum absolute atomic E-state index is 12.8. The van der Waals surface area contributed by atoms with Crippen LogP contribution in [-0.4, -0.2) is 46.7 Å². The molecule has 4 rings (SSSR count). The van der Waals surface area contributed by atoms with Gasteiger partial charge in [0.25, 0.3) is 11.6 Å². The van der Waals surface area contributed by atoms with Crippen LogP contribution in [0.1, 0.15) is 12.2 Å². The van der Waals surface area contributed by atoms with Crippen LogP contribution in [0.25, 0.3) is 17.4 Å². The number of thiocarbonyl (C=S) groups is 1. The summed E-state index contributed by atoms with van der Waals surface area (Å²) in [5.41, 5.74) is 0.508. The molecule has 0 saturated carbocycles. The zero-order valence-electron chi connectivity index (χ0n) is 14.8. The largest absolute Gasteiger partial charge is 0.768 e. The molecule has 1 amide bonds. The fourth-order valence-corrected chi connectivity index (χ4v) is 6.38. The average Bonchev–Trinajstić information content (AvgIpc) is 3.34. The van der Waals surface area contributed by atoms with Crippen molar-refractivity contribution in [1.82, 2.24) is 4.90 Å². The van der Waals surface area contributed by atoms with Crippen LogP contribution in [0.5, 0.6) is 0 Å². The molecule has 2 aromatic rings.